The molecule has 0 saturated heterocycles. The third-order valence-corrected chi connectivity index (χ3v) is 4.78. The van der Waals surface area contributed by atoms with E-state index >= 15 is 0 Å². The minimum Gasteiger partial charge on any atom is -0.475 e. The Morgan fingerprint density at radius 2 is 1.81 bits per heavy atom. The van der Waals surface area contributed by atoms with Gasteiger partial charge in [0, 0.05) is 5.56 Å². The molecular weight excluding hydrogens is 436 g/mol. The van der Waals surface area contributed by atoms with E-state index in [1.54, 1.807) is 0 Å². The summed E-state index contributed by atoms with van der Waals surface area (Å²) >= 11 is 5.11. The van der Waals surface area contributed by atoms with Crippen LogP contribution in [0.25, 0.3) is 6.08 Å². The maximum absolute atomic E-state index is 13.2. The van der Waals surface area contributed by atoms with E-state index in [9.17, 15) is 37.4 Å². The fourth-order valence-corrected chi connectivity index (χ4v) is 3.20. The molecule has 3 nitrogen and oxygen atoms in total. The molecule has 0 saturated carbocycles. The minimum absolute atomic E-state index is 0.0454. The summed E-state index contributed by atoms with van der Waals surface area (Å²) in [4.78, 5) is 9.40. The second kappa shape index (κ2) is 5.90. The molecule has 1 heterocycles. The number of carbonyl (C=O) groups excluding carboxylic acids is 1. The molecule has 1 aromatic carbocycles. The number of alkyl halides is 4. The molecule has 0 unspecified atom stereocenters. The number of hydrogen-bond donors (Lipinski definition) is 0. The summed E-state index contributed by atoms with van der Waals surface area (Å²) in [7, 11) is -10.1. The Hall–Kier alpha value is -1.69. The van der Waals surface area contributed by atoms with Crippen LogP contribution in [0.5, 0.6) is 5.75 Å². The topological polar surface area (TPSA) is 35.5 Å². The molecule has 1 aliphatic heterocycles. The first-order chi connectivity index (χ1) is 12.0. The van der Waals surface area contributed by atoms with E-state index in [0.717, 1.165) is 0 Å². The van der Waals surface area contributed by atoms with E-state index in [1.807, 2.05) is 0 Å². The summed E-state index contributed by atoms with van der Waals surface area (Å²) in [5, 5.41) is 0. The Kier molecular flexibility index (Phi) is 4.72. The number of aryl methyl sites for hydroxylation is 1. The predicted octanol–water partition coefficient (Wildman–Crippen LogP) is 6.35. The lowest BCUT2D eigenvalue weighted by atomic mass is 9.98. The monoisotopic (exact) mass is 446 g/mol. The fraction of sp³-hybridized carbons (Fsp3) is 0.357. The Bertz CT molecular complexity index is 817. The summed E-state index contributed by atoms with van der Waals surface area (Å²) in [6, 6.07) is -0.848. The second-order valence-corrected chi connectivity index (χ2v) is 8.13. The zero-order valence-electron chi connectivity index (χ0n) is 13.3. The fourth-order valence-electron chi connectivity index (χ4n) is 2.39. The lowest BCUT2D eigenvalue weighted by molar-refractivity contribution is -0.187. The van der Waals surface area contributed by atoms with Gasteiger partial charge in [-0.2, -0.15) is 13.2 Å². The van der Waals surface area contributed by atoms with Gasteiger partial charge in [-0.3, -0.25) is 0 Å². The van der Waals surface area contributed by atoms with Gasteiger partial charge >= 0.3 is 22.4 Å². The standard InChI is InChI=1S/C14H11ClF8O3S/c1-2-7-3-9(27(19,20,21,22)23)4-8-5-10(13(24)25-6-15)12(14(16,17)18)26-11(7)8/h3-5,12H,2,6H2,1H3/t12-/m0/s1. The van der Waals surface area contributed by atoms with Gasteiger partial charge in [-0.15, -0.1) is 0 Å². The normalized spacial score (nSPS) is 19.9. The van der Waals surface area contributed by atoms with Crippen molar-refractivity contribution in [1.82, 2.24) is 0 Å². The second-order valence-electron chi connectivity index (χ2n) is 5.50. The number of carbonyl (C=O) groups is 1. The van der Waals surface area contributed by atoms with Crippen molar-refractivity contribution in [2.75, 3.05) is 6.07 Å². The molecule has 13 heteroatoms. The van der Waals surface area contributed by atoms with Crippen LogP contribution in [-0.4, -0.2) is 24.3 Å². The zero-order chi connectivity index (χ0) is 20.9. The molecule has 2 rings (SSSR count). The molecule has 0 radical (unpaired) electrons. The number of esters is 1. The summed E-state index contributed by atoms with van der Waals surface area (Å²) < 4.78 is 114. The van der Waals surface area contributed by atoms with Gasteiger partial charge in [0.25, 0.3) is 0 Å². The highest BCUT2D eigenvalue weighted by Crippen LogP contribution is 3.02. The molecule has 0 bridgehead atoms. The molecule has 27 heavy (non-hydrogen) atoms. The molecule has 0 aliphatic carbocycles. The van der Waals surface area contributed by atoms with Crippen LogP contribution < -0.4 is 4.74 Å². The van der Waals surface area contributed by atoms with Crippen molar-refractivity contribution < 1.29 is 46.9 Å². The van der Waals surface area contributed by atoms with Gasteiger partial charge in [0.05, 0.1) is 5.57 Å². The summed E-state index contributed by atoms with van der Waals surface area (Å²) in [5.41, 5.74) is -2.48. The van der Waals surface area contributed by atoms with E-state index in [0.29, 0.717) is 6.08 Å². The molecule has 1 aromatic rings. The van der Waals surface area contributed by atoms with Crippen LogP contribution in [0.4, 0.5) is 32.6 Å². The van der Waals surface area contributed by atoms with Gasteiger partial charge in [-0.25, -0.2) is 4.79 Å². The van der Waals surface area contributed by atoms with Crippen molar-refractivity contribution in [2.24, 2.45) is 0 Å². The van der Waals surface area contributed by atoms with Gasteiger partial charge in [-0.1, -0.05) is 38.0 Å². The number of fused-ring (bicyclic) bond motifs is 1. The number of benzene rings is 1. The predicted molar refractivity (Wildman–Crippen MR) is 82.5 cm³/mol. The molecule has 154 valence electrons. The van der Waals surface area contributed by atoms with Crippen molar-refractivity contribution >= 4 is 33.9 Å². The molecule has 1 atom stereocenters. The van der Waals surface area contributed by atoms with E-state index in [1.165, 1.54) is 6.92 Å². The van der Waals surface area contributed by atoms with Crippen molar-refractivity contribution in [3.63, 3.8) is 0 Å². The average Bonchev–Trinajstić information content (AvgIpc) is 2.49. The highest BCUT2D eigenvalue weighted by molar-refractivity contribution is 8.45. The number of halogens is 9. The molecule has 0 fully saturated rings. The van der Waals surface area contributed by atoms with Crippen LogP contribution in [0.2, 0.25) is 0 Å². The maximum Gasteiger partial charge on any atom is 0.430 e. The Labute approximate surface area is 152 Å². The van der Waals surface area contributed by atoms with Crippen molar-refractivity contribution in [2.45, 2.75) is 30.5 Å². The van der Waals surface area contributed by atoms with E-state index < -0.39 is 61.9 Å². The van der Waals surface area contributed by atoms with Crippen LogP contribution in [0.1, 0.15) is 18.1 Å². The molecule has 1 aliphatic rings. The van der Waals surface area contributed by atoms with Crippen LogP contribution in [0.3, 0.4) is 0 Å². The molecule has 0 spiro atoms. The first-order valence-corrected chi connectivity index (χ1v) is 9.55. The molecule has 0 N–H and O–H groups in total. The zero-order valence-corrected chi connectivity index (χ0v) is 14.8. The van der Waals surface area contributed by atoms with E-state index in [-0.39, 0.29) is 18.6 Å². The van der Waals surface area contributed by atoms with Gasteiger partial charge in [-0.05, 0) is 30.2 Å². The Morgan fingerprint density at radius 1 is 1.22 bits per heavy atom. The highest BCUT2D eigenvalue weighted by atomic mass is 35.5. The number of hydrogen-bond acceptors (Lipinski definition) is 3. The van der Waals surface area contributed by atoms with Crippen LogP contribution in [-0.2, 0) is 16.0 Å². The summed E-state index contributed by atoms with van der Waals surface area (Å²) in [5.74, 6) is -2.28. The van der Waals surface area contributed by atoms with Gasteiger partial charge < -0.3 is 9.47 Å². The first kappa shape index (κ1) is 21.6. The van der Waals surface area contributed by atoms with Crippen LogP contribution in [0, 0.1) is 0 Å². The third-order valence-electron chi connectivity index (χ3n) is 3.54. The molecule has 0 aromatic heterocycles. The Morgan fingerprint density at radius 3 is 2.26 bits per heavy atom. The number of rotatable bonds is 4. The van der Waals surface area contributed by atoms with Crippen LogP contribution >= 0.6 is 21.8 Å². The van der Waals surface area contributed by atoms with Gasteiger partial charge in [0.15, 0.2) is 6.07 Å². The highest BCUT2D eigenvalue weighted by Gasteiger charge is 2.65. The van der Waals surface area contributed by atoms with Gasteiger partial charge in [0.2, 0.25) is 6.10 Å². The minimum atomic E-state index is -10.1. The smallest absolute Gasteiger partial charge is 0.430 e. The molecular formula is C14H11ClF8O3S. The maximum atomic E-state index is 13.2. The SMILES string of the molecule is CCc1cc(S(F)(F)(F)(F)F)cc2c1O[C@H](C(F)(F)F)C(C(=O)OCCl)=C2. The lowest BCUT2D eigenvalue weighted by Gasteiger charge is -2.41. The average molecular weight is 447 g/mol. The van der Waals surface area contributed by atoms with Gasteiger partial charge in [0.1, 0.15) is 10.6 Å². The van der Waals surface area contributed by atoms with E-state index in [4.69, 9.17) is 16.3 Å². The Balaban J connectivity index is 2.76. The van der Waals surface area contributed by atoms with E-state index in [2.05, 4.69) is 4.74 Å². The lowest BCUT2D eigenvalue weighted by Crippen LogP contribution is -2.41. The molecule has 0 amide bonds. The third kappa shape index (κ3) is 4.60. The summed E-state index contributed by atoms with van der Waals surface area (Å²) in [6.07, 6.45) is -7.92. The first-order valence-electron chi connectivity index (χ1n) is 7.07. The van der Waals surface area contributed by atoms with Crippen molar-refractivity contribution in [3.8, 4) is 5.75 Å². The largest absolute Gasteiger partial charge is 0.475 e. The quantitative estimate of drug-likeness (QED) is 0.307. The van der Waals surface area contributed by atoms with Crippen LogP contribution in [0.15, 0.2) is 22.6 Å². The van der Waals surface area contributed by atoms with Crippen molar-refractivity contribution in [1.29, 1.82) is 0 Å². The number of ether oxygens (including phenoxy) is 2. The summed E-state index contributed by atoms with van der Waals surface area (Å²) in [6.45, 7) is 1.25. The van der Waals surface area contributed by atoms with Crippen molar-refractivity contribution in [3.05, 3.63) is 28.8 Å².